The number of anilines is 2. The second-order valence-corrected chi connectivity index (χ2v) is 9.08. The zero-order valence-corrected chi connectivity index (χ0v) is 17.8. The summed E-state index contributed by atoms with van der Waals surface area (Å²) in [6.45, 7) is 3.17. The van der Waals surface area contributed by atoms with E-state index in [1.54, 1.807) is 17.0 Å². The van der Waals surface area contributed by atoms with Gasteiger partial charge in [-0.3, -0.25) is 4.79 Å². The summed E-state index contributed by atoms with van der Waals surface area (Å²) < 4.78 is 13.1. The van der Waals surface area contributed by atoms with Crippen LogP contribution in [0.25, 0.3) is 0 Å². The average Bonchev–Trinajstić information content (AvgIpc) is 3.06. The first-order valence-electron chi connectivity index (χ1n) is 11.0. The monoisotopic (exact) mass is 419 g/mol. The molecule has 2 aromatic carbocycles. The molecule has 0 aliphatic carbocycles. The van der Waals surface area contributed by atoms with Gasteiger partial charge in [-0.15, -0.1) is 0 Å². The molecule has 5 nitrogen and oxygen atoms in total. The first-order chi connectivity index (χ1) is 14.8. The zero-order chi connectivity index (χ0) is 21.8. The van der Waals surface area contributed by atoms with Crippen molar-refractivity contribution >= 4 is 25.0 Å². The average molecular weight is 419 g/mol. The highest BCUT2D eigenvalue weighted by atomic mass is 19.1. The molecule has 1 N–H and O–H groups in total. The fraction of sp³-hybridized carbons (Fsp3) is 0.458. The van der Waals surface area contributed by atoms with Crippen LogP contribution < -0.4 is 9.80 Å². The smallest absolute Gasteiger partial charge is 0.162 e. The molecular weight excluding hydrogens is 392 g/mol. The summed E-state index contributed by atoms with van der Waals surface area (Å²) in [7, 11) is 8.05. The van der Waals surface area contributed by atoms with Crippen LogP contribution in [0.1, 0.15) is 41.1 Å². The van der Waals surface area contributed by atoms with Crippen molar-refractivity contribution in [3.63, 3.8) is 0 Å². The molecule has 2 aromatic rings. The lowest BCUT2D eigenvalue weighted by Gasteiger charge is -2.48. The van der Waals surface area contributed by atoms with E-state index in [0.717, 1.165) is 38.2 Å². The summed E-state index contributed by atoms with van der Waals surface area (Å²) in [5, 5.41) is 10.7. The van der Waals surface area contributed by atoms with Gasteiger partial charge in [-0.05, 0) is 55.3 Å². The van der Waals surface area contributed by atoms with E-state index in [9.17, 15) is 14.3 Å². The third kappa shape index (κ3) is 3.54. The standard InChI is InChI=1S/C24H27BFN3O2/c1-27-21-5-2-4-18-19-14-28(12-3-6-22(30)16-7-9-17(26)10-8-16)13-11-20(19)29(23(18)21)15-24(27,25)31/h2,4-5,7-10,19-20,31H,3,6,11-15H2,1H3. The van der Waals surface area contributed by atoms with Crippen LogP contribution in [0.4, 0.5) is 15.8 Å². The molecule has 31 heavy (non-hydrogen) atoms. The third-order valence-corrected chi connectivity index (χ3v) is 7.18. The Morgan fingerprint density at radius 1 is 1.26 bits per heavy atom. The quantitative estimate of drug-likeness (QED) is 0.597. The number of nitrogens with zero attached hydrogens (tertiary/aromatic N) is 3. The van der Waals surface area contributed by atoms with Crippen LogP contribution in [0.15, 0.2) is 42.5 Å². The van der Waals surface area contributed by atoms with Crippen LogP contribution in [-0.2, 0) is 0 Å². The molecule has 3 unspecified atom stereocenters. The van der Waals surface area contributed by atoms with E-state index in [4.69, 9.17) is 7.85 Å². The van der Waals surface area contributed by atoms with Crippen LogP contribution in [0.2, 0.25) is 0 Å². The van der Waals surface area contributed by atoms with Gasteiger partial charge in [0.15, 0.2) is 5.78 Å². The molecule has 0 spiro atoms. The molecule has 0 bridgehead atoms. The van der Waals surface area contributed by atoms with Crippen LogP contribution in [0, 0.1) is 5.82 Å². The lowest BCUT2D eigenvalue weighted by atomic mass is 9.85. The Balaban J connectivity index is 1.25. The minimum absolute atomic E-state index is 0.0630. The number of likely N-dealkylation sites (tertiary alicyclic amines) is 1. The molecule has 160 valence electrons. The van der Waals surface area contributed by atoms with Gasteiger partial charge < -0.3 is 19.8 Å². The molecule has 1 fully saturated rings. The zero-order valence-electron chi connectivity index (χ0n) is 17.8. The number of rotatable bonds is 5. The normalized spacial score (nSPS) is 27.2. The third-order valence-electron chi connectivity index (χ3n) is 7.18. The van der Waals surface area contributed by atoms with E-state index in [1.165, 1.54) is 23.4 Å². The fourth-order valence-corrected chi connectivity index (χ4v) is 5.49. The maximum absolute atomic E-state index is 13.1. The Morgan fingerprint density at radius 3 is 2.81 bits per heavy atom. The molecule has 0 aromatic heterocycles. The van der Waals surface area contributed by atoms with Gasteiger partial charge in [0.05, 0.1) is 17.9 Å². The number of halogens is 1. The number of fused-ring (bicyclic) bond motifs is 3. The SMILES string of the molecule is [B]C1(O)CN2c3c(cccc3N1C)C1CN(CCCC(=O)c3ccc(F)cc3)CCC12. The lowest BCUT2D eigenvalue weighted by Crippen LogP contribution is -2.61. The molecule has 3 heterocycles. The van der Waals surface area contributed by atoms with Gasteiger partial charge in [0, 0.05) is 44.1 Å². The van der Waals surface area contributed by atoms with E-state index in [1.807, 2.05) is 19.2 Å². The van der Waals surface area contributed by atoms with E-state index < -0.39 is 5.62 Å². The topological polar surface area (TPSA) is 47.0 Å². The second-order valence-electron chi connectivity index (χ2n) is 9.08. The number of carbonyl (C=O) groups is 1. The fourth-order valence-electron chi connectivity index (χ4n) is 5.49. The molecule has 1 saturated heterocycles. The first kappa shape index (κ1) is 20.5. The summed E-state index contributed by atoms with van der Waals surface area (Å²) in [5.74, 6) is 0.114. The van der Waals surface area contributed by atoms with Gasteiger partial charge in [-0.1, -0.05) is 12.1 Å². The molecule has 5 rings (SSSR count). The summed E-state index contributed by atoms with van der Waals surface area (Å²) in [5.41, 5.74) is 2.73. The molecule has 0 saturated carbocycles. The molecule has 3 atom stereocenters. The number of hydrogen-bond donors (Lipinski definition) is 1. The molecule has 2 radical (unpaired) electrons. The van der Waals surface area contributed by atoms with Crippen molar-refractivity contribution in [3.05, 3.63) is 59.4 Å². The van der Waals surface area contributed by atoms with Crippen LogP contribution in [0.3, 0.4) is 0 Å². The highest BCUT2D eigenvalue weighted by Gasteiger charge is 2.48. The van der Waals surface area contributed by atoms with Gasteiger partial charge in [0.25, 0.3) is 0 Å². The van der Waals surface area contributed by atoms with Crippen molar-refractivity contribution in [2.24, 2.45) is 0 Å². The summed E-state index contributed by atoms with van der Waals surface area (Å²) >= 11 is 0. The second kappa shape index (κ2) is 7.64. The number of Topliss-reactive ketones (excluding diaryl/α,β-unsaturated/α-hetero) is 1. The number of ketones is 1. The Bertz CT molecular complexity index is 997. The molecule has 7 heteroatoms. The lowest BCUT2D eigenvalue weighted by molar-refractivity contribution is 0.0970. The molecule has 3 aliphatic rings. The summed E-state index contributed by atoms with van der Waals surface area (Å²) in [6, 6.07) is 12.4. The number of para-hydroxylation sites is 1. The summed E-state index contributed by atoms with van der Waals surface area (Å²) in [4.78, 5) is 18.9. The number of benzene rings is 2. The highest BCUT2D eigenvalue weighted by Crippen LogP contribution is 2.52. The van der Waals surface area contributed by atoms with Crippen LogP contribution in [0.5, 0.6) is 0 Å². The summed E-state index contributed by atoms with van der Waals surface area (Å²) in [6.07, 6.45) is 2.26. The molecule has 3 aliphatic heterocycles. The minimum atomic E-state index is -1.38. The number of hydrogen-bond acceptors (Lipinski definition) is 5. The van der Waals surface area contributed by atoms with Gasteiger partial charge in [0.1, 0.15) is 19.3 Å². The Hall–Kier alpha value is -2.38. The number of aliphatic hydroxyl groups is 1. The maximum Gasteiger partial charge on any atom is 0.162 e. The van der Waals surface area contributed by atoms with Crippen molar-refractivity contribution < 1.29 is 14.3 Å². The van der Waals surface area contributed by atoms with Gasteiger partial charge in [-0.2, -0.15) is 0 Å². The van der Waals surface area contributed by atoms with Gasteiger partial charge in [-0.25, -0.2) is 4.39 Å². The predicted octanol–water partition coefficient (Wildman–Crippen LogP) is 2.73. The van der Waals surface area contributed by atoms with Crippen molar-refractivity contribution in [2.45, 2.75) is 36.8 Å². The van der Waals surface area contributed by atoms with Crippen LogP contribution in [-0.4, -0.2) is 68.5 Å². The van der Waals surface area contributed by atoms with Crippen molar-refractivity contribution in [1.82, 2.24) is 4.90 Å². The molecular formula is C24H27BFN3O2. The van der Waals surface area contributed by atoms with E-state index in [0.29, 0.717) is 30.5 Å². The minimum Gasteiger partial charge on any atom is -0.378 e. The number of piperidine rings is 1. The van der Waals surface area contributed by atoms with Crippen molar-refractivity contribution in [2.75, 3.05) is 43.0 Å². The highest BCUT2D eigenvalue weighted by molar-refractivity contribution is 6.17. The van der Waals surface area contributed by atoms with E-state index in [-0.39, 0.29) is 11.6 Å². The predicted molar refractivity (Wildman–Crippen MR) is 120 cm³/mol. The Morgan fingerprint density at radius 2 is 2.03 bits per heavy atom. The van der Waals surface area contributed by atoms with Gasteiger partial charge in [0.2, 0.25) is 0 Å². The molecule has 0 amide bonds. The van der Waals surface area contributed by atoms with Gasteiger partial charge >= 0.3 is 0 Å². The van der Waals surface area contributed by atoms with Crippen molar-refractivity contribution in [3.8, 4) is 0 Å². The van der Waals surface area contributed by atoms with Crippen LogP contribution >= 0.6 is 0 Å². The van der Waals surface area contributed by atoms with Crippen molar-refractivity contribution in [1.29, 1.82) is 0 Å². The number of carbonyl (C=O) groups excluding carboxylic acids is 1. The van der Waals surface area contributed by atoms with E-state index in [2.05, 4.69) is 15.9 Å². The largest absolute Gasteiger partial charge is 0.378 e. The Labute approximate surface area is 183 Å². The first-order valence-corrected chi connectivity index (χ1v) is 11.0. The Kier molecular flexibility index (Phi) is 5.06. The number of likely N-dealkylation sites (N-methyl/N-ethyl adjacent to an activating group) is 1. The maximum atomic E-state index is 13.1. The van der Waals surface area contributed by atoms with E-state index >= 15 is 0 Å².